The minimum Gasteiger partial charge on any atom is -0.423 e. The fourth-order valence-electron chi connectivity index (χ4n) is 5.55. The summed E-state index contributed by atoms with van der Waals surface area (Å²) in [6, 6.07) is 22.8. The second-order valence-electron chi connectivity index (χ2n) is 10.6. The van der Waals surface area contributed by atoms with Gasteiger partial charge in [0.05, 0.1) is 0 Å². The van der Waals surface area contributed by atoms with Crippen LogP contribution in [-0.4, -0.2) is 57.2 Å². The normalized spacial score (nSPS) is 15.7. The SMILES string of the molecule is CCN(CC)c1ccc(C2(N(c3ccc(N(C)C)cc3)c3ccc(N(C)C)cc3)OC(=O)c3nccnc32)c(C)c1. The molecule has 41 heavy (non-hydrogen) atoms. The maximum Gasteiger partial charge on any atom is 0.361 e. The number of anilines is 5. The van der Waals surface area contributed by atoms with Gasteiger partial charge in [-0.15, -0.1) is 0 Å². The predicted molar refractivity (Wildman–Crippen MR) is 167 cm³/mol. The molecule has 1 aliphatic heterocycles. The van der Waals surface area contributed by atoms with E-state index in [-0.39, 0.29) is 5.69 Å². The molecule has 0 saturated heterocycles. The molecule has 0 spiro atoms. The van der Waals surface area contributed by atoms with E-state index in [1.54, 1.807) is 6.20 Å². The quantitative estimate of drug-likeness (QED) is 0.236. The van der Waals surface area contributed by atoms with Crippen molar-refractivity contribution in [3.63, 3.8) is 0 Å². The van der Waals surface area contributed by atoms with Crippen LogP contribution < -0.4 is 19.6 Å². The van der Waals surface area contributed by atoms with E-state index in [2.05, 4.69) is 112 Å². The van der Waals surface area contributed by atoms with Gasteiger partial charge in [0.25, 0.3) is 5.72 Å². The van der Waals surface area contributed by atoms with Gasteiger partial charge in [-0.3, -0.25) is 9.88 Å². The topological polar surface area (TPSA) is 65.0 Å². The first-order valence-electron chi connectivity index (χ1n) is 14.0. The average molecular weight is 551 g/mol. The second kappa shape index (κ2) is 11.1. The van der Waals surface area contributed by atoms with E-state index in [9.17, 15) is 4.79 Å². The zero-order valence-corrected chi connectivity index (χ0v) is 24.9. The molecule has 1 unspecified atom stereocenters. The van der Waals surface area contributed by atoms with Crippen molar-refractivity contribution in [3.05, 3.63) is 102 Å². The molecular formula is C33H38N6O2. The third-order valence-electron chi connectivity index (χ3n) is 7.72. The van der Waals surface area contributed by atoms with E-state index in [1.807, 2.05) is 28.2 Å². The van der Waals surface area contributed by atoms with Crippen LogP contribution in [0.15, 0.2) is 79.1 Å². The van der Waals surface area contributed by atoms with Crippen LogP contribution in [0.4, 0.5) is 28.4 Å². The van der Waals surface area contributed by atoms with Gasteiger partial charge in [-0.25, -0.2) is 9.78 Å². The number of rotatable bonds is 9. The van der Waals surface area contributed by atoms with E-state index >= 15 is 0 Å². The summed E-state index contributed by atoms with van der Waals surface area (Å²) in [7, 11) is 8.05. The Kier molecular flexibility index (Phi) is 7.58. The lowest BCUT2D eigenvalue weighted by atomic mass is 9.91. The van der Waals surface area contributed by atoms with Gasteiger partial charge in [0.1, 0.15) is 5.69 Å². The van der Waals surface area contributed by atoms with E-state index in [0.717, 1.165) is 52.7 Å². The number of aromatic nitrogens is 2. The highest BCUT2D eigenvalue weighted by Crippen LogP contribution is 2.50. The molecule has 1 aromatic heterocycles. The number of hydrogen-bond acceptors (Lipinski definition) is 8. The molecule has 2 heterocycles. The van der Waals surface area contributed by atoms with Gasteiger partial charge in [0.15, 0.2) is 5.69 Å². The summed E-state index contributed by atoms with van der Waals surface area (Å²) in [6.45, 7) is 8.15. The number of carbonyl (C=O) groups is 1. The maximum absolute atomic E-state index is 13.5. The monoisotopic (exact) mass is 550 g/mol. The molecule has 0 N–H and O–H groups in total. The molecule has 212 valence electrons. The zero-order chi connectivity index (χ0) is 29.3. The highest BCUT2D eigenvalue weighted by molar-refractivity contribution is 5.94. The number of nitrogens with zero attached hydrogens (tertiary/aromatic N) is 6. The standard InChI is InChI=1S/C33H38N6O2/c1-8-38(9-2)28-18-19-29(23(3)22-28)33(31-30(32(40)41-33)34-20-21-35-31)39(26-14-10-24(11-15-26)36(4)5)27-16-12-25(13-17-27)37(6)7/h10-22H,8-9H2,1-7H3. The predicted octanol–water partition coefficient (Wildman–Crippen LogP) is 5.97. The lowest BCUT2D eigenvalue weighted by molar-refractivity contribution is 0.0118. The summed E-state index contributed by atoms with van der Waals surface area (Å²) in [5.41, 5.74) is 6.08. The van der Waals surface area contributed by atoms with Gasteiger partial charge in [-0.1, -0.05) is 6.07 Å². The van der Waals surface area contributed by atoms with Crippen molar-refractivity contribution in [2.75, 3.05) is 60.9 Å². The first-order chi connectivity index (χ1) is 19.7. The Bertz CT molecular complexity index is 1480. The molecular weight excluding hydrogens is 512 g/mol. The third-order valence-corrected chi connectivity index (χ3v) is 7.72. The number of fused-ring (bicyclic) bond motifs is 1. The molecule has 0 amide bonds. The summed E-state index contributed by atoms with van der Waals surface area (Å²) in [5.74, 6) is -0.500. The van der Waals surface area contributed by atoms with E-state index in [4.69, 9.17) is 9.72 Å². The van der Waals surface area contributed by atoms with Crippen LogP contribution in [0, 0.1) is 6.92 Å². The second-order valence-corrected chi connectivity index (χ2v) is 10.6. The van der Waals surface area contributed by atoms with Crippen LogP contribution in [0.5, 0.6) is 0 Å². The van der Waals surface area contributed by atoms with Crippen molar-refractivity contribution in [3.8, 4) is 0 Å². The van der Waals surface area contributed by atoms with Crippen LogP contribution in [0.3, 0.4) is 0 Å². The smallest absolute Gasteiger partial charge is 0.361 e. The zero-order valence-electron chi connectivity index (χ0n) is 24.9. The van der Waals surface area contributed by atoms with Gasteiger partial charge >= 0.3 is 5.97 Å². The van der Waals surface area contributed by atoms with Crippen molar-refractivity contribution < 1.29 is 9.53 Å². The number of cyclic esters (lactones) is 1. The Morgan fingerprint density at radius 3 is 1.68 bits per heavy atom. The maximum atomic E-state index is 13.5. The fourth-order valence-corrected chi connectivity index (χ4v) is 5.55. The van der Waals surface area contributed by atoms with Gasteiger partial charge in [0, 0.05) is 87.7 Å². The Hall–Kier alpha value is -4.59. The Labute approximate surface area is 242 Å². The minimum atomic E-state index is -1.38. The van der Waals surface area contributed by atoms with Crippen LogP contribution >= 0.6 is 0 Å². The molecule has 8 heteroatoms. The Morgan fingerprint density at radius 2 is 1.20 bits per heavy atom. The Morgan fingerprint density at radius 1 is 0.707 bits per heavy atom. The summed E-state index contributed by atoms with van der Waals surface area (Å²) in [4.78, 5) is 31.2. The summed E-state index contributed by atoms with van der Waals surface area (Å²) in [5, 5.41) is 0. The van der Waals surface area contributed by atoms with Crippen LogP contribution in [-0.2, 0) is 10.5 Å². The molecule has 0 bridgehead atoms. The third kappa shape index (κ3) is 4.84. The van der Waals surface area contributed by atoms with Crippen molar-refractivity contribution in [2.24, 2.45) is 0 Å². The molecule has 8 nitrogen and oxygen atoms in total. The molecule has 0 fully saturated rings. The molecule has 1 atom stereocenters. The van der Waals surface area contributed by atoms with Crippen molar-refractivity contribution in [1.29, 1.82) is 0 Å². The number of esters is 1. The first kappa shape index (κ1) is 28.0. The van der Waals surface area contributed by atoms with E-state index < -0.39 is 11.7 Å². The average Bonchev–Trinajstić information content (AvgIpc) is 3.27. The molecule has 0 radical (unpaired) electrons. The largest absolute Gasteiger partial charge is 0.423 e. The van der Waals surface area contributed by atoms with E-state index in [0.29, 0.717) is 5.69 Å². The molecule has 5 rings (SSSR count). The van der Waals surface area contributed by atoms with Crippen LogP contribution in [0.2, 0.25) is 0 Å². The van der Waals surface area contributed by atoms with Crippen molar-refractivity contribution in [2.45, 2.75) is 26.5 Å². The lowest BCUT2D eigenvalue weighted by Gasteiger charge is -2.42. The van der Waals surface area contributed by atoms with Crippen LogP contribution in [0.25, 0.3) is 0 Å². The highest BCUT2D eigenvalue weighted by atomic mass is 16.6. The van der Waals surface area contributed by atoms with Crippen molar-refractivity contribution in [1.82, 2.24) is 9.97 Å². The van der Waals surface area contributed by atoms with Gasteiger partial charge in [-0.2, -0.15) is 0 Å². The van der Waals surface area contributed by atoms with Gasteiger partial charge < -0.3 is 19.4 Å². The van der Waals surface area contributed by atoms with Crippen molar-refractivity contribution >= 4 is 34.4 Å². The van der Waals surface area contributed by atoms with E-state index in [1.165, 1.54) is 6.20 Å². The number of ether oxygens (including phenoxy) is 1. The molecule has 4 aromatic rings. The summed E-state index contributed by atoms with van der Waals surface area (Å²) >= 11 is 0. The molecule has 1 aliphatic rings. The lowest BCUT2D eigenvalue weighted by Crippen LogP contribution is -2.46. The minimum absolute atomic E-state index is 0.222. The molecule has 3 aromatic carbocycles. The fraction of sp³-hybridized carbons (Fsp3) is 0.303. The first-order valence-corrected chi connectivity index (χ1v) is 14.0. The molecule has 0 aliphatic carbocycles. The summed E-state index contributed by atoms with van der Waals surface area (Å²) < 4.78 is 6.49. The summed E-state index contributed by atoms with van der Waals surface area (Å²) in [6.07, 6.45) is 3.16. The highest BCUT2D eigenvalue weighted by Gasteiger charge is 2.55. The Balaban J connectivity index is 1.81. The number of aryl methyl sites for hydroxylation is 1. The van der Waals surface area contributed by atoms with Crippen LogP contribution in [0.1, 0.15) is 41.2 Å². The number of carbonyl (C=O) groups excluding carboxylic acids is 1. The van der Waals surface area contributed by atoms with Gasteiger partial charge in [-0.05, 0) is 87.0 Å². The number of hydrogen-bond donors (Lipinski definition) is 0. The molecule has 0 saturated carbocycles. The van der Waals surface area contributed by atoms with Gasteiger partial charge in [0.2, 0.25) is 0 Å². The number of benzene rings is 3.